The van der Waals surface area contributed by atoms with Gasteiger partial charge in [-0.1, -0.05) is 42.0 Å². The van der Waals surface area contributed by atoms with E-state index in [1.165, 1.54) is 16.9 Å². The molecule has 1 atom stereocenters. The molecule has 3 aromatic rings. The van der Waals surface area contributed by atoms with Gasteiger partial charge in [0.15, 0.2) is 5.01 Å². The van der Waals surface area contributed by atoms with Crippen molar-refractivity contribution in [3.05, 3.63) is 70.7 Å². The van der Waals surface area contributed by atoms with Crippen molar-refractivity contribution in [3.8, 4) is 11.1 Å². The highest BCUT2D eigenvalue weighted by Crippen LogP contribution is 2.29. The number of thiazole rings is 1. The molecule has 7 heteroatoms. The molecule has 32 heavy (non-hydrogen) atoms. The first-order valence-corrected chi connectivity index (χ1v) is 11.9. The molecule has 3 heterocycles. The van der Waals surface area contributed by atoms with E-state index in [2.05, 4.69) is 53.2 Å². The van der Waals surface area contributed by atoms with Crippen molar-refractivity contribution in [2.75, 3.05) is 37.6 Å². The topological polar surface area (TPSA) is 56.8 Å². The van der Waals surface area contributed by atoms with Crippen LogP contribution in [-0.4, -0.2) is 65.4 Å². The number of benzene rings is 2. The van der Waals surface area contributed by atoms with Gasteiger partial charge >= 0.3 is 0 Å². The Morgan fingerprint density at radius 3 is 2.53 bits per heavy atom. The zero-order chi connectivity index (χ0) is 22.1. The molecular formula is C25H26N4O2S. The predicted molar refractivity (Wildman–Crippen MR) is 127 cm³/mol. The summed E-state index contributed by atoms with van der Waals surface area (Å²) < 4.78 is 0. The van der Waals surface area contributed by atoms with Gasteiger partial charge in [0.2, 0.25) is 5.91 Å². The maximum atomic E-state index is 12.9. The molecule has 0 N–H and O–H groups in total. The van der Waals surface area contributed by atoms with Crippen LogP contribution in [0.25, 0.3) is 11.1 Å². The number of nitrogens with zero attached hydrogens (tertiary/aromatic N) is 4. The van der Waals surface area contributed by atoms with E-state index in [-0.39, 0.29) is 17.9 Å². The van der Waals surface area contributed by atoms with E-state index < -0.39 is 0 Å². The molecule has 6 nitrogen and oxygen atoms in total. The van der Waals surface area contributed by atoms with Gasteiger partial charge in [0.1, 0.15) is 0 Å². The molecule has 0 bridgehead atoms. The monoisotopic (exact) mass is 446 g/mol. The fourth-order valence-corrected chi connectivity index (χ4v) is 5.14. The minimum absolute atomic E-state index is 0.0108. The molecule has 2 aromatic carbocycles. The highest BCUT2D eigenvalue weighted by molar-refractivity contribution is 7.11. The molecule has 1 aromatic heterocycles. The summed E-state index contributed by atoms with van der Waals surface area (Å²) in [6.07, 6.45) is 2.19. The summed E-state index contributed by atoms with van der Waals surface area (Å²) in [5.74, 6) is 0.175. The Bertz CT molecular complexity index is 1110. The molecule has 0 aliphatic carbocycles. The molecule has 164 valence electrons. The van der Waals surface area contributed by atoms with Crippen LogP contribution in [0.5, 0.6) is 0 Å². The van der Waals surface area contributed by atoms with Gasteiger partial charge in [-0.2, -0.15) is 0 Å². The fraction of sp³-hybridized carbons (Fsp3) is 0.320. The SMILES string of the molecule is Cc1ccc(-c2cccc(N3CC(N4CCN(C(=O)c5nccs5)CC4)CC3=O)c2)cc1. The Hall–Kier alpha value is -3.03. The molecule has 2 amide bonds. The van der Waals surface area contributed by atoms with E-state index in [0.29, 0.717) is 31.1 Å². The third-order valence-electron chi connectivity index (χ3n) is 6.38. The molecule has 5 rings (SSSR count). The quantitative estimate of drug-likeness (QED) is 0.614. The average Bonchev–Trinajstić information content (AvgIpc) is 3.50. The second kappa shape index (κ2) is 8.84. The lowest BCUT2D eigenvalue weighted by atomic mass is 10.0. The summed E-state index contributed by atoms with van der Waals surface area (Å²) in [5.41, 5.74) is 4.46. The summed E-state index contributed by atoms with van der Waals surface area (Å²) in [6, 6.07) is 16.9. The van der Waals surface area contributed by atoms with Crippen molar-refractivity contribution in [3.63, 3.8) is 0 Å². The number of carbonyl (C=O) groups is 2. The highest BCUT2D eigenvalue weighted by Gasteiger charge is 2.36. The summed E-state index contributed by atoms with van der Waals surface area (Å²) in [4.78, 5) is 35.7. The summed E-state index contributed by atoms with van der Waals surface area (Å²) >= 11 is 1.38. The number of hydrogen-bond donors (Lipinski definition) is 0. The van der Waals surface area contributed by atoms with Crippen LogP contribution >= 0.6 is 11.3 Å². The molecule has 2 aliphatic rings. The van der Waals surface area contributed by atoms with Gasteiger partial charge in [0, 0.05) is 62.5 Å². The third-order valence-corrected chi connectivity index (χ3v) is 7.14. The predicted octanol–water partition coefficient (Wildman–Crippen LogP) is 3.68. The third kappa shape index (κ3) is 4.18. The average molecular weight is 447 g/mol. The number of amides is 2. The van der Waals surface area contributed by atoms with E-state index in [9.17, 15) is 9.59 Å². The van der Waals surface area contributed by atoms with Gasteiger partial charge in [-0.15, -0.1) is 11.3 Å². The minimum atomic E-state index is 0.0108. The maximum Gasteiger partial charge on any atom is 0.282 e. The van der Waals surface area contributed by atoms with E-state index in [0.717, 1.165) is 29.9 Å². The van der Waals surface area contributed by atoms with Crippen molar-refractivity contribution in [2.24, 2.45) is 0 Å². The summed E-state index contributed by atoms with van der Waals surface area (Å²) in [6.45, 7) is 5.69. The fourth-order valence-electron chi connectivity index (χ4n) is 4.54. The zero-order valence-corrected chi connectivity index (χ0v) is 18.9. The molecule has 0 radical (unpaired) electrons. The van der Waals surface area contributed by atoms with E-state index in [1.807, 2.05) is 27.3 Å². The molecule has 2 aliphatic heterocycles. The number of aromatic nitrogens is 1. The summed E-state index contributed by atoms with van der Waals surface area (Å²) in [7, 11) is 0. The Labute approximate surface area is 192 Å². The first-order valence-electron chi connectivity index (χ1n) is 11.0. The maximum absolute atomic E-state index is 12.9. The minimum Gasteiger partial charge on any atom is -0.334 e. The van der Waals surface area contributed by atoms with Crippen molar-refractivity contribution >= 4 is 28.8 Å². The largest absolute Gasteiger partial charge is 0.334 e. The van der Waals surface area contributed by atoms with Crippen LogP contribution in [0.1, 0.15) is 21.8 Å². The van der Waals surface area contributed by atoms with Gasteiger partial charge in [0.05, 0.1) is 0 Å². The van der Waals surface area contributed by atoms with Crippen molar-refractivity contribution in [1.29, 1.82) is 0 Å². The Morgan fingerprint density at radius 2 is 1.81 bits per heavy atom. The van der Waals surface area contributed by atoms with Crippen LogP contribution in [0.15, 0.2) is 60.1 Å². The molecule has 2 saturated heterocycles. The number of carbonyl (C=O) groups excluding carboxylic acids is 2. The standard InChI is InChI=1S/C25H26N4O2S/c1-18-5-7-19(8-6-18)20-3-2-4-21(15-20)29-17-22(16-23(29)30)27-10-12-28(13-11-27)25(31)24-26-9-14-32-24/h2-9,14-15,22H,10-13,16-17H2,1H3. The van der Waals surface area contributed by atoms with Crippen LogP contribution in [0.2, 0.25) is 0 Å². The Morgan fingerprint density at radius 1 is 1.03 bits per heavy atom. The molecule has 0 saturated carbocycles. The Kier molecular flexibility index (Phi) is 5.76. The smallest absolute Gasteiger partial charge is 0.282 e. The van der Waals surface area contributed by atoms with Gasteiger partial charge in [-0.25, -0.2) is 4.98 Å². The Balaban J connectivity index is 1.24. The van der Waals surface area contributed by atoms with Crippen molar-refractivity contribution in [2.45, 2.75) is 19.4 Å². The summed E-state index contributed by atoms with van der Waals surface area (Å²) in [5, 5.41) is 2.38. The number of rotatable bonds is 4. The lowest BCUT2D eigenvalue weighted by Gasteiger charge is -2.37. The van der Waals surface area contributed by atoms with Gasteiger partial charge in [-0.05, 0) is 30.2 Å². The second-order valence-corrected chi connectivity index (χ2v) is 9.34. The van der Waals surface area contributed by atoms with Crippen LogP contribution < -0.4 is 4.90 Å². The van der Waals surface area contributed by atoms with Gasteiger partial charge < -0.3 is 9.80 Å². The van der Waals surface area contributed by atoms with E-state index in [4.69, 9.17) is 0 Å². The normalized spacial score (nSPS) is 19.5. The first kappa shape index (κ1) is 20.8. The number of anilines is 1. The number of piperazine rings is 1. The first-order chi connectivity index (χ1) is 15.6. The van der Waals surface area contributed by atoms with Crippen molar-refractivity contribution < 1.29 is 9.59 Å². The van der Waals surface area contributed by atoms with Crippen LogP contribution in [0.4, 0.5) is 5.69 Å². The van der Waals surface area contributed by atoms with E-state index in [1.54, 1.807) is 6.20 Å². The number of hydrogen-bond acceptors (Lipinski definition) is 5. The lowest BCUT2D eigenvalue weighted by Crippen LogP contribution is -2.52. The second-order valence-electron chi connectivity index (χ2n) is 8.44. The van der Waals surface area contributed by atoms with Crippen LogP contribution in [0.3, 0.4) is 0 Å². The number of aryl methyl sites for hydroxylation is 1. The zero-order valence-electron chi connectivity index (χ0n) is 18.1. The van der Waals surface area contributed by atoms with E-state index >= 15 is 0 Å². The molecular weight excluding hydrogens is 420 g/mol. The molecule has 2 fully saturated rings. The van der Waals surface area contributed by atoms with Crippen molar-refractivity contribution in [1.82, 2.24) is 14.8 Å². The van der Waals surface area contributed by atoms with Crippen LogP contribution in [-0.2, 0) is 4.79 Å². The highest BCUT2D eigenvalue weighted by atomic mass is 32.1. The lowest BCUT2D eigenvalue weighted by molar-refractivity contribution is -0.117. The van der Waals surface area contributed by atoms with Gasteiger partial charge in [0.25, 0.3) is 5.91 Å². The van der Waals surface area contributed by atoms with Crippen LogP contribution in [0, 0.1) is 6.92 Å². The molecule has 1 unspecified atom stereocenters. The van der Waals surface area contributed by atoms with Gasteiger partial charge in [-0.3, -0.25) is 14.5 Å². The molecule has 0 spiro atoms.